The predicted molar refractivity (Wildman–Crippen MR) is 61.2 cm³/mol. The molecule has 15 heavy (non-hydrogen) atoms. The molecule has 3 heteroatoms. The van der Waals surface area contributed by atoms with Crippen LogP contribution in [0.1, 0.15) is 22.3 Å². The average molecular weight is 216 g/mol. The zero-order valence-corrected chi connectivity index (χ0v) is 8.71. The molecular weight excluding hydrogens is 208 g/mol. The molecule has 0 radical (unpaired) electrons. The molecule has 1 aliphatic rings. The Kier molecular flexibility index (Phi) is 2.56. The van der Waals surface area contributed by atoms with Gasteiger partial charge in [0.15, 0.2) is 5.78 Å². The Morgan fingerprint density at radius 2 is 1.87 bits per heavy atom. The highest BCUT2D eigenvalue weighted by molar-refractivity contribution is 7.81. The third-order valence-corrected chi connectivity index (χ3v) is 2.82. The van der Waals surface area contributed by atoms with E-state index >= 15 is 0 Å². The lowest BCUT2D eigenvalue weighted by Crippen LogP contribution is -2.16. The van der Waals surface area contributed by atoms with Crippen molar-refractivity contribution in [3.05, 3.63) is 47.0 Å². The molecule has 0 N–H and O–H groups in total. The van der Waals surface area contributed by atoms with Crippen LogP contribution in [0.3, 0.4) is 0 Å². The number of aldehydes is 1. The van der Waals surface area contributed by atoms with E-state index in [9.17, 15) is 9.59 Å². The van der Waals surface area contributed by atoms with Crippen LogP contribution in [0.25, 0.3) is 0 Å². The third kappa shape index (κ3) is 1.66. The molecule has 0 aliphatic heterocycles. The molecule has 1 aliphatic carbocycles. The van der Waals surface area contributed by atoms with E-state index in [1.165, 1.54) is 6.08 Å². The van der Waals surface area contributed by atoms with E-state index in [1.807, 2.05) is 12.1 Å². The van der Waals surface area contributed by atoms with Crippen LogP contribution in [-0.2, 0) is 4.79 Å². The van der Waals surface area contributed by atoms with Gasteiger partial charge in [0.05, 0.1) is 0 Å². The number of allylic oxidation sites excluding steroid dienone is 2. The zero-order chi connectivity index (χ0) is 10.8. The first-order chi connectivity index (χ1) is 7.24. The SMILES string of the molecule is O=CCC1=CC(=O)c2ccccc2C1=S. The summed E-state index contributed by atoms with van der Waals surface area (Å²) in [6.07, 6.45) is 2.43. The van der Waals surface area contributed by atoms with Crippen molar-refractivity contribution in [2.45, 2.75) is 6.42 Å². The second kappa shape index (κ2) is 3.87. The molecule has 1 aromatic rings. The third-order valence-electron chi connectivity index (χ3n) is 2.34. The van der Waals surface area contributed by atoms with E-state index < -0.39 is 0 Å². The Morgan fingerprint density at radius 3 is 2.53 bits per heavy atom. The van der Waals surface area contributed by atoms with Gasteiger partial charge in [0, 0.05) is 22.4 Å². The highest BCUT2D eigenvalue weighted by Crippen LogP contribution is 2.23. The van der Waals surface area contributed by atoms with Gasteiger partial charge in [0.1, 0.15) is 6.29 Å². The first-order valence-electron chi connectivity index (χ1n) is 4.56. The maximum absolute atomic E-state index is 11.7. The van der Waals surface area contributed by atoms with E-state index in [0.29, 0.717) is 16.0 Å². The highest BCUT2D eigenvalue weighted by atomic mass is 32.1. The smallest absolute Gasteiger partial charge is 0.186 e. The summed E-state index contributed by atoms with van der Waals surface area (Å²) in [5.74, 6) is -0.0731. The number of hydrogen-bond donors (Lipinski definition) is 0. The number of fused-ring (bicyclic) bond motifs is 1. The fourth-order valence-corrected chi connectivity index (χ4v) is 1.93. The molecule has 1 aromatic carbocycles. The quantitative estimate of drug-likeness (QED) is 0.561. The zero-order valence-electron chi connectivity index (χ0n) is 7.90. The second-order valence-electron chi connectivity index (χ2n) is 3.28. The van der Waals surface area contributed by atoms with Crippen LogP contribution < -0.4 is 0 Å². The number of benzene rings is 1. The van der Waals surface area contributed by atoms with Crippen molar-refractivity contribution < 1.29 is 9.59 Å². The first-order valence-corrected chi connectivity index (χ1v) is 4.97. The van der Waals surface area contributed by atoms with Gasteiger partial charge in [-0.3, -0.25) is 4.79 Å². The van der Waals surface area contributed by atoms with Crippen molar-refractivity contribution >= 4 is 29.2 Å². The first kappa shape index (κ1) is 9.93. The minimum Gasteiger partial charge on any atom is -0.303 e. The molecule has 0 amide bonds. The van der Waals surface area contributed by atoms with Gasteiger partial charge < -0.3 is 4.79 Å². The predicted octanol–water partition coefficient (Wildman–Crippen LogP) is 2.12. The molecular formula is C12H8O2S. The van der Waals surface area contributed by atoms with Crippen molar-refractivity contribution in [3.63, 3.8) is 0 Å². The summed E-state index contributed by atoms with van der Waals surface area (Å²) in [6, 6.07) is 7.20. The van der Waals surface area contributed by atoms with Crippen molar-refractivity contribution in [2.75, 3.05) is 0 Å². The van der Waals surface area contributed by atoms with Crippen molar-refractivity contribution in [1.82, 2.24) is 0 Å². The van der Waals surface area contributed by atoms with Gasteiger partial charge >= 0.3 is 0 Å². The summed E-state index contributed by atoms with van der Waals surface area (Å²) in [5, 5.41) is 0. The summed E-state index contributed by atoms with van der Waals surface area (Å²) in [7, 11) is 0. The molecule has 0 fully saturated rings. The minimum absolute atomic E-state index is 0.0731. The Balaban J connectivity index is 2.53. The van der Waals surface area contributed by atoms with Gasteiger partial charge in [0.25, 0.3) is 0 Å². The standard InChI is InChI=1S/C12H8O2S/c13-6-5-8-7-11(14)9-3-1-2-4-10(9)12(8)15/h1-4,6-7H,5H2. The van der Waals surface area contributed by atoms with E-state index in [0.717, 1.165) is 11.8 Å². The van der Waals surface area contributed by atoms with Crippen LogP contribution in [0.15, 0.2) is 35.9 Å². The Morgan fingerprint density at radius 1 is 1.20 bits per heavy atom. The van der Waals surface area contributed by atoms with E-state index in [-0.39, 0.29) is 12.2 Å². The normalized spacial score (nSPS) is 14.5. The van der Waals surface area contributed by atoms with Gasteiger partial charge in [0.2, 0.25) is 0 Å². The lowest BCUT2D eigenvalue weighted by molar-refractivity contribution is -0.107. The molecule has 0 atom stereocenters. The largest absolute Gasteiger partial charge is 0.303 e. The van der Waals surface area contributed by atoms with Crippen LogP contribution in [0.2, 0.25) is 0 Å². The maximum atomic E-state index is 11.7. The summed E-state index contributed by atoms with van der Waals surface area (Å²) < 4.78 is 0. The lowest BCUT2D eigenvalue weighted by Gasteiger charge is -2.15. The molecule has 2 nitrogen and oxygen atoms in total. The van der Waals surface area contributed by atoms with E-state index in [1.54, 1.807) is 12.1 Å². The summed E-state index contributed by atoms with van der Waals surface area (Å²) in [5.41, 5.74) is 2.03. The lowest BCUT2D eigenvalue weighted by atomic mass is 9.89. The van der Waals surface area contributed by atoms with Gasteiger partial charge in [-0.2, -0.15) is 0 Å². The Bertz CT molecular complexity index is 486. The summed E-state index contributed by atoms with van der Waals surface area (Å²) >= 11 is 5.22. The maximum Gasteiger partial charge on any atom is 0.186 e. The molecule has 0 spiro atoms. The van der Waals surface area contributed by atoms with Crippen LogP contribution >= 0.6 is 12.2 Å². The average Bonchev–Trinajstić information content (AvgIpc) is 2.26. The molecule has 0 aromatic heterocycles. The van der Waals surface area contributed by atoms with Crippen molar-refractivity contribution in [1.29, 1.82) is 0 Å². The number of ketones is 1. The molecule has 0 unspecified atom stereocenters. The molecule has 74 valence electrons. The van der Waals surface area contributed by atoms with Crippen molar-refractivity contribution in [2.24, 2.45) is 0 Å². The van der Waals surface area contributed by atoms with E-state index in [2.05, 4.69) is 0 Å². The number of hydrogen-bond acceptors (Lipinski definition) is 3. The molecule has 0 saturated heterocycles. The monoisotopic (exact) mass is 216 g/mol. The van der Waals surface area contributed by atoms with Gasteiger partial charge in [-0.1, -0.05) is 36.5 Å². The fourth-order valence-electron chi connectivity index (χ4n) is 1.61. The number of thiocarbonyl (C=S) groups is 1. The topological polar surface area (TPSA) is 34.1 Å². The van der Waals surface area contributed by atoms with Gasteiger partial charge in [-0.05, 0) is 11.6 Å². The Hall–Kier alpha value is -1.61. The Labute approximate surface area is 92.6 Å². The molecule has 0 bridgehead atoms. The van der Waals surface area contributed by atoms with Gasteiger partial charge in [-0.25, -0.2) is 0 Å². The number of carbonyl (C=O) groups excluding carboxylic acids is 2. The molecule has 0 heterocycles. The van der Waals surface area contributed by atoms with Crippen LogP contribution in [0, 0.1) is 0 Å². The second-order valence-corrected chi connectivity index (χ2v) is 3.69. The fraction of sp³-hybridized carbons (Fsp3) is 0.0833. The van der Waals surface area contributed by atoms with Crippen LogP contribution in [-0.4, -0.2) is 16.9 Å². The van der Waals surface area contributed by atoms with Crippen LogP contribution in [0.5, 0.6) is 0 Å². The minimum atomic E-state index is -0.0731. The molecule has 2 rings (SSSR count). The number of carbonyl (C=O) groups is 2. The summed E-state index contributed by atoms with van der Waals surface area (Å²) in [4.78, 5) is 22.7. The van der Waals surface area contributed by atoms with Crippen molar-refractivity contribution in [3.8, 4) is 0 Å². The summed E-state index contributed by atoms with van der Waals surface area (Å²) in [6.45, 7) is 0. The van der Waals surface area contributed by atoms with Crippen LogP contribution in [0.4, 0.5) is 0 Å². The van der Waals surface area contributed by atoms with E-state index in [4.69, 9.17) is 12.2 Å². The highest BCUT2D eigenvalue weighted by Gasteiger charge is 2.21. The molecule has 0 saturated carbocycles. The number of rotatable bonds is 2. The van der Waals surface area contributed by atoms with Gasteiger partial charge in [-0.15, -0.1) is 0 Å².